The van der Waals surface area contributed by atoms with Gasteiger partial charge in [-0.2, -0.15) is 0 Å². The minimum Gasteiger partial charge on any atom is -0.493 e. The van der Waals surface area contributed by atoms with Crippen LogP contribution in [-0.2, 0) is 13.1 Å². The molecule has 170 valence electrons. The van der Waals surface area contributed by atoms with Crippen molar-refractivity contribution in [3.63, 3.8) is 0 Å². The molecule has 2 aromatic carbocycles. The summed E-state index contributed by atoms with van der Waals surface area (Å²) in [6, 6.07) is 17.9. The predicted octanol–water partition coefficient (Wildman–Crippen LogP) is 5.18. The number of imidazole rings is 1. The minimum absolute atomic E-state index is 0.0436. The number of fused-ring (bicyclic) bond motifs is 1. The van der Waals surface area contributed by atoms with Crippen molar-refractivity contribution in [1.82, 2.24) is 19.4 Å². The molecule has 0 aliphatic rings. The number of rotatable bonds is 9. The number of carbonyl (C=O) groups excluding carboxylic acids is 1. The van der Waals surface area contributed by atoms with Crippen LogP contribution in [0.3, 0.4) is 0 Å². The minimum atomic E-state index is -0.0436. The molecule has 0 bridgehead atoms. The fourth-order valence-electron chi connectivity index (χ4n) is 3.91. The largest absolute Gasteiger partial charge is 0.493 e. The number of para-hydroxylation sites is 2. The van der Waals surface area contributed by atoms with Crippen molar-refractivity contribution in [1.29, 1.82) is 0 Å². The summed E-state index contributed by atoms with van der Waals surface area (Å²) in [5.74, 6) is 1.80. The molecule has 1 amide bonds. The number of ether oxygens (including phenoxy) is 1. The zero-order chi connectivity index (χ0) is 23.2. The van der Waals surface area contributed by atoms with Crippen molar-refractivity contribution < 1.29 is 9.53 Å². The van der Waals surface area contributed by atoms with Crippen LogP contribution in [-0.4, -0.2) is 39.0 Å². The van der Waals surface area contributed by atoms with E-state index in [-0.39, 0.29) is 5.91 Å². The fourth-order valence-corrected chi connectivity index (χ4v) is 3.91. The van der Waals surface area contributed by atoms with Gasteiger partial charge in [-0.3, -0.25) is 9.78 Å². The maximum atomic E-state index is 12.8. The molecule has 0 spiro atoms. The van der Waals surface area contributed by atoms with E-state index < -0.39 is 0 Å². The number of aryl methyl sites for hydroxylation is 3. The van der Waals surface area contributed by atoms with Gasteiger partial charge in [0.15, 0.2) is 0 Å². The topological polar surface area (TPSA) is 60.2 Å². The number of hydrogen-bond acceptors (Lipinski definition) is 4. The third-order valence-corrected chi connectivity index (χ3v) is 5.76. The van der Waals surface area contributed by atoms with E-state index in [1.807, 2.05) is 25.2 Å². The standard InChI is InChI=1S/C27H30N4O2/c1-20-10-11-21(2)25(18-20)33-17-7-6-16-31-24-9-5-4-8-23(24)29-26(31)19-30(3)27(32)22-12-14-28-15-13-22/h4-5,8-15,18H,6-7,16-17,19H2,1-3H3. The second-order valence-corrected chi connectivity index (χ2v) is 8.39. The lowest BCUT2D eigenvalue weighted by molar-refractivity contribution is 0.0780. The van der Waals surface area contributed by atoms with E-state index in [4.69, 9.17) is 9.72 Å². The average Bonchev–Trinajstić information content (AvgIpc) is 3.18. The second-order valence-electron chi connectivity index (χ2n) is 8.39. The van der Waals surface area contributed by atoms with Gasteiger partial charge in [-0.05, 0) is 68.1 Å². The molecule has 0 atom stereocenters. The summed E-state index contributed by atoms with van der Waals surface area (Å²) in [7, 11) is 1.81. The number of carbonyl (C=O) groups is 1. The number of hydrogen-bond donors (Lipinski definition) is 0. The first-order valence-corrected chi connectivity index (χ1v) is 11.3. The van der Waals surface area contributed by atoms with Gasteiger partial charge in [-0.25, -0.2) is 4.98 Å². The van der Waals surface area contributed by atoms with E-state index in [9.17, 15) is 4.79 Å². The lowest BCUT2D eigenvalue weighted by Gasteiger charge is -2.18. The molecular weight excluding hydrogens is 412 g/mol. The molecule has 0 radical (unpaired) electrons. The smallest absolute Gasteiger partial charge is 0.254 e. The molecule has 2 aromatic heterocycles. The number of aromatic nitrogens is 3. The number of pyridine rings is 1. The molecule has 0 saturated carbocycles. The van der Waals surface area contributed by atoms with Gasteiger partial charge < -0.3 is 14.2 Å². The summed E-state index contributed by atoms with van der Waals surface area (Å²) in [6.45, 7) is 6.08. The summed E-state index contributed by atoms with van der Waals surface area (Å²) >= 11 is 0. The Morgan fingerprint density at radius 1 is 1.03 bits per heavy atom. The Kier molecular flexibility index (Phi) is 7.03. The average molecular weight is 443 g/mol. The number of benzene rings is 2. The normalized spacial score (nSPS) is 11.0. The van der Waals surface area contributed by atoms with Gasteiger partial charge in [0, 0.05) is 31.5 Å². The molecule has 0 fully saturated rings. The summed E-state index contributed by atoms with van der Waals surface area (Å²) < 4.78 is 8.24. The second kappa shape index (κ2) is 10.3. The molecule has 0 aliphatic carbocycles. The number of nitrogens with zero attached hydrogens (tertiary/aromatic N) is 4. The molecule has 0 aliphatic heterocycles. The molecule has 0 unspecified atom stereocenters. The van der Waals surface area contributed by atoms with Crippen molar-refractivity contribution >= 4 is 16.9 Å². The predicted molar refractivity (Wildman–Crippen MR) is 130 cm³/mol. The van der Waals surface area contributed by atoms with Crippen LogP contribution in [0, 0.1) is 13.8 Å². The van der Waals surface area contributed by atoms with Gasteiger partial charge >= 0.3 is 0 Å². The lowest BCUT2D eigenvalue weighted by atomic mass is 10.1. The van der Waals surface area contributed by atoms with Crippen molar-refractivity contribution in [3.8, 4) is 5.75 Å². The molecule has 6 nitrogen and oxygen atoms in total. The molecule has 4 rings (SSSR count). The number of unbranched alkanes of at least 4 members (excludes halogenated alkanes) is 1. The van der Waals surface area contributed by atoms with E-state index in [0.29, 0.717) is 18.7 Å². The first kappa shape index (κ1) is 22.5. The highest BCUT2D eigenvalue weighted by Gasteiger charge is 2.17. The first-order valence-electron chi connectivity index (χ1n) is 11.3. The SMILES string of the molecule is Cc1ccc(C)c(OCCCCn2c(CN(C)C(=O)c3ccncc3)nc3ccccc32)c1. The van der Waals surface area contributed by atoms with Crippen LogP contribution in [0.4, 0.5) is 0 Å². The summed E-state index contributed by atoms with van der Waals surface area (Å²) in [4.78, 5) is 23.3. The zero-order valence-electron chi connectivity index (χ0n) is 19.5. The quantitative estimate of drug-likeness (QED) is 0.335. The Bertz CT molecular complexity index is 1230. The van der Waals surface area contributed by atoms with Gasteiger partial charge in [0.25, 0.3) is 5.91 Å². The Morgan fingerprint density at radius 3 is 2.64 bits per heavy atom. The summed E-state index contributed by atoms with van der Waals surface area (Å²) in [6.07, 6.45) is 5.17. The highest BCUT2D eigenvalue weighted by atomic mass is 16.5. The molecule has 0 N–H and O–H groups in total. The van der Waals surface area contributed by atoms with E-state index in [1.54, 1.807) is 29.4 Å². The van der Waals surface area contributed by atoms with E-state index in [0.717, 1.165) is 47.6 Å². The third kappa shape index (κ3) is 5.40. The van der Waals surface area contributed by atoms with Crippen LogP contribution in [0.5, 0.6) is 5.75 Å². The first-order chi connectivity index (χ1) is 16.0. The van der Waals surface area contributed by atoms with Crippen LogP contribution in [0.15, 0.2) is 67.0 Å². The molecular formula is C27H30N4O2. The van der Waals surface area contributed by atoms with Crippen LogP contribution in [0.1, 0.15) is 40.2 Å². The van der Waals surface area contributed by atoms with Crippen molar-refractivity contribution in [3.05, 3.63) is 89.5 Å². The Labute approximate surface area is 194 Å². The lowest BCUT2D eigenvalue weighted by Crippen LogP contribution is -2.27. The monoisotopic (exact) mass is 442 g/mol. The van der Waals surface area contributed by atoms with Gasteiger partial charge in [0.1, 0.15) is 11.6 Å². The molecule has 4 aromatic rings. The fraction of sp³-hybridized carbons (Fsp3) is 0.296. The summed E-state index contributed by atoms with van der Waals surface area (Å²) in [5.41, 5.74) is 5.02. The van der Waals surface area contributed by atoms with Gasteiger partial charge in [0.2, 0.25) is 0 Å². The summed E-state index contributed by atoms with van der Waals surface area (Å²) in [5, 5.41) is 0. The maximum Gasteiger partial charge on any atom is 0.254 e. The van der Waals surface area contributed by atoms with Crippen molar-refractivity contribution in [2.45, 2.75) is 39.8 Å². The Morgan fingerprint density at radius 2 is 1.82 bits per heavy atom. The van der Waals surface area contributed by atoms with E-state index in [2.05, 4.69) is 47.7 Å². The van der Waals surface area contributed by atoms with Crippen LogP contribution in [0.25, 0.3) is 11.0 Å². The van der Waals surface area contributed by atoms with Gasteiger partial charge in [-0.1, -0.05) is 24.3 Å². The molecule has 33 heavy (non-hydrogen) atoms. The molecule has 0 saturated heterocycles. The van der Waals surface area contributed by atoms with Crippen molar-refractivity contribution in [2.75, 3.05) is 13.7 Å². The zero-order valence-corrected chi connectivity index (χ0v) is 19.5. The molecule has 2 heterocycles. The molecule has 6 heteroatoms. The van der Waals surface area contributed by atoms with Crippen LogP contribution >= 0.6 is 0 Å². The number of amides is 1. The van der Waals surface area contributed by atoms with Crippen LogP contribution < -0.4 is 4.74 Å². The Hall–Kier alpha value is -3.67. The third-order valence-electron chi connectivity index (χ3n) is 5.76. The van der Waals surface area contributed by atoms with Gasteiger partial charge in [0.05, 0.1) is 24.2 Å². The highest BCUT2D eigenvalue weighted by molar-refractivity contribution is 5.93. The van der Waals surface area contributed by atoms with Gasteiger partial charge in [-0.15, -0.1) is 0 Å². The van der Waals surface area contributed by atoms with Crippen LogP contribution in [0.2, 0.25) is 0 Å². The Balaban J connectivity index is 1.42. The maximum absolute atomic E-state index is 12.8. The van der Waals surface area contributed by atoms with E-state index >= 15 is 0 Å². The van der Waals surface area contributed by atoms with E-state index in [1.165, 1.54) is 5.56 Å². The van der Waals surface area contributed by atoms with Crippen molar-refractivity contribution in [2.24, 2.45) is 0 Å². The highest BCUT2D eigenvalue weighted by Crippen LogP contribution is 2.21.